The van der Waals surface area contributed by atoms with Crippen molar-refractivity contribution in [1.29, 1.82) is 0 Å². The highest BCUT2D eigenvalue weighted by molar-refractivity contribution is 14.0. The molecule has 0 unspecified atom stereocenters. The number of aryl methyl sites for hydroxylation is 1. The monoisotopic (exact) mass is 436 g/mol. The highest BCUT2D eigenvalue weighted by atomic mass is 127. The highest BCUT2D eigenvalue weighted by Gasteiger charge is 2.00. The van der Waals surface area contributed by atoms with Crippen molar-refractivity contribution in [3.8, 4) is 0 Å². The topological polar surface area (TPSA) is 67.8 Å². The van der Waals surface area contributed by atoms with Crippen LogP contribution in [0.4, 0.5) is 0 Å². The SMILES string of the molecule is CCNC(=NCc1ncccc1C)NCCCOCCOC.I. The van der Waals surface area contributed by atoms with E-state index >= 15 is 0 Å². The van der Waals surface area contributed by atoms with Gasteiger partial charge in [-0.25, -0.2) is 4.99 Å². The summed E-state index contributed by atoms with van der Waals surface area (Å²) in [4.78, 5) is 8.92. The highest BCUT2D eigenvalue weighted by Crippen LogP contribution is 2.04. The number of nitrogens with zero attached hydrogens (tertiary/aromatic N) is 2. The van der Waals surface area contributed by atoms with Crippen LogP contribution in [0, 0.1) is 6.92 Å². The van der Waals surface area contributed by atoms with Gasteiger partial charge in [0.15, 0.2) is 5.96 Å². The van der Waals surface area contributed by atoms with Gasteiger partial charge in [-0.15, -0.1) is 24.0 Å². The minimum Gasteiger partial charge on any atom is -0.382 e. The molecule has 0 saturated carbocycles. The largest absolute Gasteiger partial charge is 0.382 e. The lowest BCUT2D eigenvalue weighted by Gasteiger charge is -2.11. The van der Waals surface area contributed by atoms with Crippen molar-refractivity contribution in [3.63, 3.8) is 0 Å². The molecule has 0 spiro atoms. The molecule has 2 N–H and O–H groups in total. The molecule has 23 heavy (non-hydrogen) atoms. The molecule has 1 heterocycles. The standard InChI is InChI=1S/C16H28N4O2.HI/c1-4-17-16(19-9-6-10-22-12-11-21-3)20-13-15-14(2)7-5-8-18-15;/h5,7-8H,4,6,9-13H2,1-3H3,(H2,17,19,20);1H. The third kappa shape index (κ3) is 10.5. The fraction of sp³-hybridized carbons (Fsp3) is 0.625. The van der Waals surface area contributed by atoms with Gasteiger partial charge in [0.1, 0.15) is 0 Å². The van der Waals surface area contributed by atoms with E-state index in [4.69, 9.17) is 9.47 Å². The Bertz CT molecular complexity index is 444. The van der Waals surface area contributed by atoms with Gasteiger partial charge in [-0.1, -0.05) is 6.07 Å². The Morgan fingerprint density at radius 3 is 2.78 bits per heavy atom. The van der Waals surface area contributed by atoms with E-state index in [0.717, 1.165) is 43.3 Å². The first-order valence-corrected chi connectivity index (χ1v) is 7.77. The van der Waals surface area contributed by atoms with Crippen LogP contribution in [0.3, 0.4) is 0 Å². The third-order valence-corrected chi connectivity index (χ3v) is 3.04. The number of hydrogen-bond acceptors (Lipinski definition) is 4. The van der Waals surface area contributed by atoms with E-state index in [1.165, 1.54) is 0 Å². The fourth-order valence-corrected chi connectivity index (χ4v) is 1.80. The van der Waals surface area contributed by atoms with E-state index in [1.807, 2.05) is 6.07 Å². The quantitative estimate of drug-likeness (QED) is 0.255. The lowest BCUT2D eigenvalue weighted by atomic mass is 10.2. The first kappa shape index (κ1) is 22.1. The predicted octanol–water partition coefficient (Wildman–Crippen LogP) is 2.12. The second kappa shape index (κ2) is 14.6. The molecule has 0 bridgehead atoms. The van der Waals surface area contributed by atoms with E-state index < -0.39 is 0 Å². The average molecular weight is 436 g/mol. The van der Waals surface area contributed by atoms with Crippen LogP contribution < -0.4 is 10.6 Å². The van der Waals surface area contributed by atoms with Crippen molar-refractivity contribution < 1.29 is 9.47 Å². The lowest BCUT2D eigenvalue weighted by Crippen LogP contribution is -2.38. The summed E-state index contributed by atoms with van der Waals surface area (Å²) in [6, 6.07) is 3.99. The summed E-state index contributed by atoms with van der Waals surface area (Å²) in [5.41, 5.74) is 2.16. The van der Waals surface area contributed by atoms with E-state index in [2.05, 4.69) is 40.5 Å². The molecule has 1 aromatic rings. The molecule has 132 valence electrons. The first-order valence-electron chi connectivity index (χ1n) is 7.77. The van der Waals surface area contributed by atoms with Crippen molar-refractivity contribution in [3.05, 3.63) is 29.6 Å². The van der Waals surface area contributed by atoms with Crippen LogP contribution in [-0.2, 0) is 16.0 Å². The number of methoxy groups -OCH3 is 1. The molecule has 0 aliphatic carbocycles. The maximum Gasteiger partial charge on any atom is 0.191 e. The minimum absolute atomic E-state index is 0. The molecular weight excluding hydrogens is 407 g/mol. The van der Waals surface area contributed by atoms with Crippen molar-refractivity contribution in [1.82, 2.24) is 15.6 Å². The van der Waals surface area contributed by atoms with Crippen LogP contribution in [-0.4, -0.2) is 51.0 Å². The van der Waals surface area contributed by atoms with Crippen molar-refractivity contribution in [2.45, 2.75) is 26.8 Å². The molecule has 0 saturated heterocycles. The number of aliphatic imine (C=N–C) groups is 1. The fourth-order valence-electron chi connectivity index (χ4n) is 1.80. The number of hydrogen-bond donors (Lipinski definition) is 2. The Kier molecular flexibility index (Phi) is 14.1. The molecule has 0 radical (unpaired) electrons. The maximum atomic E-state index is 5.43. The predicted molar refractivity (Wildman–Crippen MR) is 105 cm³/mol. The molecule has 0 aliphatic heterocycles. The summed E-state index contributed by atoms with van der Waals surface area (Å²) in [7, 11) is 1.67. The maximum absolute atomic E-state index is 5.43. The zero-order chi connectivity index (χ0) is 16.0. The minimum atomic E-state index is 0. The Balaban J connectivity index is 0.00000484. The molecule has 7 heteroatoms. The zero-order valence-corrected chi connectivity index (χ0v) is 16.6. The zero-order valence-electron chi connectivity index (χ0n) is 14.3. The summed E-state index contributed by atoms with van der Waals surface area (Å²) in [5, 5.41) is 6.53. The summed E-state index contributed by atoms with van der Waals surface area (Å²) < 4.78 is 10.4. The van der Waals surface area contributed by atoms with E-state index in [0.29, 0.717) is 19.8 Å². The van der Waals surface area contributed by atoms with Crippen LogP contribution in [0.5, 0.6) is 0 Å². The summed E-state index contributed by atoms with van der Waals surface area (Å²) >= 11 is 0. The van der Waals surface area contributed by atoms with Crippen LogP contribution in [0.25, 0.3) is 0 Å². The van der Waals surface area contributed by atoms with Gasteiger partial charge in [0.2, 0.25) is 0 Å². The van der Waals surface area contributed by atoms with Gasteiger partial charge >= 0.3 is 0 Å². The van der Waals surface area contributed by atoms with Gasteiger partial charge in [0.25, 0.3) is 0 Å². The molecule has 0 amide bonds. The van der Waals surface area contributed by atoms with E-state index in [-0.39, 0.29) is 24.0 Å². The molecular formula is C16H29IN4O2. The van der Waals surface area contributed by atoms with Crippen molar-refractivity contribution >= 4 is 29.9 Å². The Morgan fingerprint density at radius 1 is 1.26 bits per heavy atom. The Labute approximate surface area is 156 Å². The molecule has 1 aromatic heterocycles. The first-order chi connectivity index (χ1) is 10.8. The van der Waals surface area contributed by atoms with Crippen molar-refractivity contribution in [2.24, 2.45) is 4.99 Å². The number of pyridine rings is 1. The second-order valence-corrected chi connectivity index (χ2v) is 4.85. The smallest absolute Gasteiger partial charge is 0.191 e. The number of halogens is 1. The summed E-state index contributed by atoms with van der Waals surface area (Å²) in [6.45, 7) is 8.33. The number of aromatic nitrogens is 1. The second-order valence-electron chi connectivity index (χ2n) is 4.85. The molecule has 0 aliphatic rings. The molecule has 6 nitrogen and oxygen atoms in total. The number of guanidine groups is 1. The number of ether oxygens (including phenoxy) is 2. The van der Waals surface area contributed by atoms with Gasteiger partial charge in [0.05, 0.1) is 25.5 Å². The molecule has 0 aromatic carbocycles. The van der Waals surface area contributed by atoms with Crippen LogP contribution in [0.2, 0.25) is 0 Å². The molecule has 0 atom stereocenters. The Morgan fingerprint density at radius 2 is 2.09 bits per heavy atom. The van der Waals surface area contributed by atoms with Crippen LogP contribution in [0.15, 0.2) is 23.3 Å². The summed E-state index contributed by atoms with van der Waals surface area (Å²) in [5.74, 6) is 0.810. The number of nitrogens with one attached hydrogen (secondary N) is 2. The van der Waals surface area contributed by atoms with E-state index in [9.17, 15) is 0 Å². The third-order valence-electron chi connectivity index (χ3n) is 3.04. The van der Waals surface area contributed by atoms with Gasteiger partial charge in [-0.3, -0.25) is 4.98 Å². The van der Waals surface area contributed by atoms with Crippen LogP contribution in [0.1, 0.15) is 24.6 Å². The average Bonchev–Trinajstić information content (AvgIpc) is 2.53. The van der Waals surface area contributed by atoms with E-state index in [1.54, 1.807) is 13.3 Å². The normalized spacial score (nSPS) is 11.0. The molecule has 1 rings (SSSR count). The van der Waals surface area contributed by atoms with Gasteiger partial charge in [0, 0.05) is 33.0 Å². The van der Waals surface area contributed by atoms with Gasteiger partial charge in [-0.2, -0.15) is 0 Å². The molecule has 0 fully saturated rings. The summed E-state index contributed by atoms with van der Waals surface area (Å²) in [6.07, 6.45) is 2.73. The van der Waals surface area contributed by atoms with Crippen molar-refractivity contribution in [2.75, 3.05) is 40.0 Å². The lowest BCUT2D eigenvalue weighted by molar-refractivity contribution is 0.0698. The van der Waals surface area contributed by atoms with Gasteiger partial charge < -0.3 is 20.1 Å². The van der Waals surface area contributed by atoms with Gasteiger partial charge in [-0.05, 0) is 31.9 Å². The number of rotatable bonds is 10. The van der Waals surface area contributed by atoms with Crippen LogP contribution >= 0.6 is 24.0 Å². The Hall–Kier alpha value is -0.930.